The molecule has 0 aromatic heterocycles. The lowest BCUT2D eigenvalue weighted by Gasteiger charge is -2.30. The van der Waals surface area contributed by atoms with E-state index in [4.69, 9.17) is 18.5 Å². The van der Waals surface area contributed by atoms with Crippen LogP contribution in [0.1, 0.15) is 6.92 Å². The summed E-state index contributed by atoms with van der Waals surface area (Å²) in [5.41, 5.74) is 0.193. The summed E-state index contributed by atoms with van der Waals surface area (Å²) >= 11 is 0. The molecule has 0 heterocycles. The molecular weight excluding hydrogens is 421 g/mol. The van der Waals surface area contributed by atoms with Crippen molar-refractivity contribution in [2.24, 2.45) is 0 Å². The first kappa shape index (κ1) is 25.0. The minimum absolute atomic E-state index is 0.0336. The molecule has 0 amide bonds. The molecule has 0 saturated heterocycles. The molecule has 2 rings (SSSR count). The average Bonchev–Trinajstić information content (AvgIpc) is 2.68. The first-order chi connectivity index (χ1) is 14.5. The van der Waals surface area contributed by atoms with Crippen molar-refractivity contribution in [1.82, 2.24) is 0 Å². The SMILES string of the molecule is C=C(C)C(=O)OCC(COc1ccc2ccccc2c1)OP(=O)([O-])OCC[N+](C)(C)C. The van der Waals surface area contributed by atoms with Crippen LogP contribution in [0.2, 0.25) is 0 Å². The largest absolute Gasteiger partial charge is 0.756 e. The van der Waals surface area contributed by atoms with Crippen LogP contribution in [0.4, 0.5) is 0 Å². The maximum atomic E-state index is 12.3. The van der Waals surface area contributed by atoms with Crippen LogP contribution in [-0.4, -0.2) is 64.1 Å². The first-order valence-corrected chi connectivity index (χ1v) is 11.3. The lowest BCUT2D eigenvalue weighted by Crippen LogP contribution is -2.38. The van der Waals surface area contributed by atoms with E-state index in [1.807, 2.05) is 57.5 Å². The van der Waals surface area contributed by atoms with Crippen molar-refractivity contribution in [3.05, 3.63) is 54.6 Å². The van der Waals surface area contributed by atoms with E-state index in [1.165, 1.54) is 6.92 Å². The molecule has 31 heavy (non-hydrogen) atoms. The van der Waals surface area contributed by atoms with Crippen molar-refractivity contribution in [1.29, 1.82) is 0 Å². The van der Waals surface area contributed by atoms with E-state index in [1.54, 1.807) is 6.07 Å². The number of carbonyl (C=O) groups is 1. The maximum absolute atomic E-state index is 12.3. The highest BCUT2D eigenvalue weighted by atomic mass is 31.2. The Hall–Kier alpha value is -2.22. The molecule has 2 aromatic rings. The van der Waals surface area contributed by atoms with Gasteiger partial charge in [-0.1, -0.05) is 36.9 Å². The third-order valence-corrected chi connectivity index (χ3v) is 5.25. The number of carbonyl (C=O) groups excluding carboxylic acids is 1. The smallest absolute Gasteiger partial charge is 0.333 e. The van der Waals surface area contributed by atoms with Crippen molar-refractivity contribution < 1.29 is 37.3 Å². The van der Waals surface area contributed by atoms with Gasteiger partial charge in [-0.25, -0.2) is 4.79 Å². The number of nitrogens with zero attached hydrogens (tertiary/aromatic N) is 1. The number of quaternary nitrogens is 1. The lowest BCUT2D eigenvalue weighted by atomic mass is 10.1. The van der Waals surface area contributed by atoms with Crippen LogP contribution >= 0.6 is 7.82 Å². The molecule has 0 bridgehead atoms. The van der Waals surface area contributed by atoms with Crippen LogP contribution in [0.15, 0.2) is 54.6 Å². The molecule has 0 radical (unpaired) electrons. The second-order valence-electron chi connectivity index (χ2n) is 8.22. The van der Waals surface area contributed by atoms with E-state index in [0.29, 0.717) is 16.8 Å². The second-order valence-corrected chi connectivity index (χ2v) is 9.58. The molecule has 0 aliphatic rings. The van der Waals surface area contributed by atoms with Gasteiger partial charge in [-0.3, -0.25) is 4.57 Å². The van der Waals surface area contributed by atoms with E-state index >= 15 is 0 Å². The molecule has 0 spiro atoms. The third-order valence-electron chi connectivity index (χ3n) is 4.20. The van der Waals surface area contributed by atoms with Crippen LogP contribution in [0.5, 0.6) is 5.75 Å². The highest BCUT2D eigenvalue weighted by molar-refractivity contribution is 7.45. The van der Waals surface area contributed by atoms with Crippen molar-refractivity contribution in [2.45, 2.75) is 13.0 Å². The quantitative estimate of drug-likeness (QED) is 0.212. The fourth-order valence-corrected chi connectivity index (χ4v) is 3.34. The van der Waals surface area contributed by atoms with Crippen LogP contribution in [0.25, 0.3) is 10.8 Å². The molecule has 0 fully saturated rings. The molecule has 0 N–H and O–H groups in total. The van der Waals surface area contributed by atoms with Gasteiger partial charge in [0.2, 0.25) is 0 Å². The fraction of sp³-hybridized carbons (Fsp3) is 0.409. The zero-order valence-corrected chi connectivity index (χ0v) is 19.3. The number of likely N-dealkylation sites (N-methyl/N-ethyl adjacent to an activating group) is 1. The minimum Gasteiger partial charge on any atom is -0.756 e. The Morgan fingerprint density at radius 1 is 1.13 bits per heavy atom. The minimum atomic E-state index is -4.63. The number of benzene rings is 2. The number of hydrogen-bond donors (Lipinski definition) is 0. The van der Waals surface area contributed by atoms with Crippen LogP contribution in [0.3, 0.4) is 0 Å². The third kappa shape index (κ3) is 9.21. The highest BCUT2D eigenvalue weighted by Gasteiger charge is 2.22. The number of phosphoric acid groups is 1. The summed E-state index contributed by atoms with van der Waals surface area (Å²) in [6, 6.07) is 13.3. The molecule has 0 aliphatic heterocycles. The predicted molar refractivity (Wildman–Crippen MR) is 117 cm³/mol. The first-order valence-electron chi connectivity index (χ1n) is 9.84. The number of fused-ring (bicyclic) bond motifs is 1. The Balaban J connectivity index is 2.03. The molecule has 0 aliphatic carbocycles. The van der Waals surface area contributed by atoms with Crippen LogP contribution in [0, 0.1) is 0 Å². The predicted octanol–water partition coefficient (Wildman–Crippen LogP) is 2.91. The van der Waals surface area contributed by atoms with Crippen LogP contribution < -0.4 is 9.63 Å². The van der Waals surface area contributed by atoms with Gasteiger partial charge in [0.05, 0.1) is 21.1 Å². The van der Waals surface area contributed by atoms with Crippen LogP contribution in [-0.2, 0) is 23.1 Å². The summed E-state index contributed by atoms with van der Waals surface area (Å²) in [6.45, 7) is 4.95. The van der Waals surface area contributed by atoms with Crippen molar-refractivity contribution in [2.75, 3.05) is 47.5 Å². The molecule has 9 heteroatoms. The number of rotatable bonds is 12. The van der Waals surface area contributed by atoms with Crippen molar-refractivity contribution >= 4 is 24.6 Å². The molecule has 2 unspecified atom stereocenters. The summed E-state index contributed by atoms with van der Waals surface area (Å²) in [5.74, 6) is -0.115. The Labute approximate surface area is 183 Å². The lowest BCUT2D eigenvalue weighted by molar-refractivity contribution is -0.870. The maximum Gasteiger partial charge on any atom is 0.333 e. The molecule has 170 valence electrons. The van der Waals surface area contributed by atoms with Crippen molar-refractivity contribution in [3.63, 3.8) is 0 Å². The summed E-state index contributed by atoms with van der Waals surface area (Å²) in [4.78, 5) is 24.0. The Morgan fingerprint density at radius 2 is 1.81 bits per heavy atom. The summed E-state index contributed by atoms with van der Waals surface area (Å²) in [6.07, 6.45) is -1.08. The van der Waals surface area contributed by atoms with Crippen molar-refractivity contribution in [3.8, 4) is 5.75 Å². The number of esters is 1. The normalized spacial score (nSPS) is 14.6. The van der Waals surface area contributed by atoms with E-state index < -0.39 is 19.9 Å². The van der Waals surface area contributed by atoms with E-state index in [9.17, 15) is 14.3 Å². The van der Waals surface area contributed by atoms with Gasteiger partial charge in [-0.05, 0) is 29.8 Å². The monoisotopic (exact) mass is 451 g/mol. The zero-order chi connectivity index (χ0) is 23.1. The topological polar surface area (TPSA) is 94.1 Å². The average molecular weight is 451 g/mol. The summed E-state index contributed by atoms with van der Waals surface area (Å²) in [7, 11) is 1.11. The van der Waals surface area contributed by atoms with Gasteiger partial charge in [-0.15, -0.1) is 0 Å². The molecule has 2 aromatic carbocycles. The van der Waals surface area contributed by atoms with Gasteiger partial charge < -0.3 is 27.9 Å². The summed E-state index contributed by atoms with van der Waals surface area (Å²) < 4.78 is 33.6. The van der Waals surface area contributed by atoms with Gasteiger partial charge in [0, 0.05) is 5.57 Å². The number of hydrogen-bond acceptors (Lipinski definition) is 7. The van der Waals surface area contributed by atoms with Gasteiger partial charge in [0.25, 0.3) is 7.82 Å². The molecule has 0 saturated carbocycles. The Kier molecular flexibility index (Phi) is 8.79. The van der Waals surface area contributed by atoms with E-state index in [2.05, 4.69) is 6.58 Å². The van der Waals surface area contributed by atoms with Gasteiger partial charge in [-0.2, -0.15) is 0 Å². The standard InChI is InChI=1S/C22H30NO7P/c1-17(2)22(24)28-16-21(30-31(25,26)29-13-12-23(3,4)5)15-27-20-11-10-18-8-6-7-9-19(18)14-20/h6-11,14,21H,1,12-13,15-16H2,2-5H3. The van der Waals surface area contributed by atoms with Gasteiger partial charge >= 0.3 is 5.97 Å². The highest BCUT2D eigenvalue weighted by Crippen LogP contribution is 2.40. The number of ether oxygens (including phenoxy) is 2. The van der Waals surface area contributed by atoms with E-state index in [0.717, 1.165) is 10.8 Å². The molecule has 2 atom stereocenters. The Bertz CT molecular complexity index is 954. The zero-order valence-electron chi connectivity index (χ0n) is 18.4. The van der Waals surface area contributed by atoms with E-state index in [-0.39, 0.29) is 25.4 Å². The summed E-state index contributed by atoms with van der Waals surface area (Å²) in [5, 5.41) is 2.03. The Morgan fingerprint density at radius 3 is 2.45 bits per heavy atom. The molecular formula is C22H30NO7P. The fourth-order valence-electron chi connectivity index (χ4n) is 2.49. The van der Waals surface area contributed by atoms with Gasteiger partial charge in [0.1, 0.15) is 38.2 Å². The molecule has 8 nitrogen and oxygen atoms in total. The number of phosphoric ester groups is 1. The second kappa shape index (κ2) is 10.9. The van der Waals surface area contributed by atoms with Gasteiger partial charge in [0.15, 0.2) is 0 Å².